The molecule has 38 heavy (non-hydrogen) atoms. The van der Waals surface area contributed by atoms with Gasteiger partial charge in [0.2, 0.25) is 0 Å². The van der Waals surface area contributed by atoms with E-state index in [-0.39, 0.29) is 23.4 Å². The maximum Gasteiger partial charge on any atom is 0.309 e. The van der Waals surface area contributed by atoms with Crippen LogP contribution < -0.4 is 10.5 Å². The molecule has 0 bridgehead atoms. The molecule has 1 aromatic carbocycles. The maximum absolute atomic E-state index is 13.8. The van der Waals surface area contributed by atoms with Crippen LogP contribution >= 0.6 is 24.0 Å². The lowest BCUT2D eigenvalue weighted by molar-refractivity contribution is -0.148. The summed E-state index contributed by atoms with van der Waals surface area (Å²) in [6, 6.07) is 13.4. The second-order valence-electron chi connectivity index (χ2n) is 9.31. The summed E-state index contributed by atoms with van der Waals surface area (Å²) in [7, 11) is 0. The van der Waals surface area contributed by atoms with Crippen molar-refractivity contribution in [3.8, 4) is 0 Å². The van der Waals surface area contributed by atoms with Crippen LogP contribution in [0, 0.1) is 12.8 Å². The summed E-state index contributed by atoms with van der Waals surface area (Å²) in [6.45, 7) is 5.53. The first-order valence-electron chi connectivity index (χ1n) is 12.6. The molecule has 2 saturated heterocycles. The fourth-order valence-corrected chi connectivity index (χ4v) is 6.03. The Morgan fingerprint density at radius 1 is 1.16 bits per heavy atom. The van der Waals surface area contributed by atoms with Gasteiger partial charge >= 0.3 is 5.97 Å². The monoisotopic (exact) mass is 548 g/mol. The zero-order chi connectivity index (χ0) is 26.8. The van der Waals surface area contributed by atoms with E-state index in [1.165, 1.54) is 16.2 Å². The van der Waals surface area contributed by atoms with Crippen LogP contribution in [-0.4, -0.2) is 50.2 Å². The van der Waals surface area contributed by atoms with E-state index >= 15 is 0 Å². The lowest BCUT2D eigenvalue weighted by Gasteiger charge is -2.32. The van der Waals surface area contributed by atoms with Crippen LogP contribution in [0.25, 0.3) is 11.7 Å². The molecule has 3 aromatic rings. The smallest absolute Gasteiger partial charge is 0.309 e. The fourth-order valence-electron chi connectivity index (χ4n) is 4.79. The molecule has 2 aliphatic rings. The highest BCUT2D eigenvalue weighted by Gasteiger charge is 2.34. The number of benzene rings is 1. The number of carbonyl (C=O) groups is 2. The quantitative estimate of drug-likeness (QED) is 0.258. The molecule has 8 nitrogen and oxygen atoms in total. The van der Waals surface area contributed by atoms with Crippen LogP contribution in [0.4, 0.5) is 5.82 Å². The summed E-state index contributed by atoms with van der Waals surface area (Å²) in [5.41, 5.74) is 2.48. The van der Waals surface area contributed by atoms with Gasteiger partial charge in [0, 0.05) is 19.3 Å². The number of pyridine rings is 1. The highest BCUT2D eigenvalue weighted by Crippen LogP contribution is 2.35. The number of amides is 1. The van der Waals surface area contributed by atoms with Crippen LogP contribution in [0.3, 0.4) is 0 Å². The van der Waals surface area contributed by atoms with E-state index in [2.05, 4.69) is 0 Å². The van der Waals surface area contributed by atoms with E-state index in [0.29, 0.717) is 65.3 Å². The van der Waals surface area contributed by atoms with E-state index < -0.39 is 0 Å². The number of esters is 1. The molecule has 0 aliphatic carbocycles. The van der Waals surface area contributed by atoms with Crippen molar-refractivity contribution in [2.75, 3.05) is 24.6 Å². The summed E-state index contributed by atoms with van der Waals surface area (Å²) in [4.78, 5) is 48.3. The molecule has 0 N–H and O–H groups in total. The third-order valence-corrected chi connectivity index (χ3v) is 8.19. The Morgan fingerprint density at radius 2 is 1.89 bits per heavy atom. The van der Waals surface area contributed by atoms with Crippen LogP contribution in [0.2, 0.25) is 0 Å². The summed E-state index contributed by atoms with van der Waals surface area (Å²) >= 11 is 6.72. The molecule has 0 radical (unpaired) electrons. The fraction of sp³-hybridized carbons (Fsp3) is 0.321. The Hall–Kier alpha value is -3.50. The molecule has 196 valence electrons. The van der Waals surface area contributed by atoms with Crippen LogP contribution in [-0.2, 0) is 20.9 Å². The van der Waals surface area contributed by atoms with E-state index in [1.54, 1.807) is 30.2 Å². The van der Waals surface area contributed by atoms with Crippen molar-refractivity contribution in [3.05, 3.63) is 80.6 Å². The minimum Gasteiger partial charge on any atom is -0.466 e. The first kappa shape index (κ1) is 26.1. The highest BCUT2D eigenvalue weighted by atomic mass is 32.2. The SMILES string of the molecule is CCOC(=O)C1CCN(c2nc3c(C)cccn3c(=O)c2/C=C2\SC(=S)N(Cc3ccccc3)C2=O)CC1. The number of aryl methyl sites for hydroxylation is 1. The Labute approximate surface area is 230 Å². The van der Waals surface area contributed by atoms with E-state index in [0.717, 1.165) is 11.1 Å². The van der Waals surface area contributed by atoms with Crippen LogP contribution in [0.5, 0.6) is 0 Å². The summed E-state index contributed by atoms with van der Waals surface area (Å²) < 4.78 is 7.17. The van der Waals surface area contributed by atoms with E-state index in [4.69, 9.17) is 21.9 Å². The van der Waals surface area contributed by atoms with Gasteiger partial charge in [0.05, 0.1) is 29.5 Å². The molecule has 1 amide bonds. The highest BCUT2D eigenvalue weighted by molar-refractivity contribution is 8.26. The number of anilines is 1. The third kappa shape index (κ3) is 5.10. The first-order valence-corrected chi connectivity index (χ1v) is 13.8. The third-order valence-electron chi connectivity index (χ3n) is 6.81. The predicted octanol–water partition coefficient (Wildman–Crippen LogP) is 4.18. The lowest BCUT2D eigenvalue weighted by atomic mass is 9.96. The Morgan fingerprint density at radius 3 is 2.61 bits per heavy atom. The van der Waals surface area contributed by atoms with Gasteiger partial charge in [-0.05, 0) is 50.0 Å². The predicted molar refractivity (Wildman–Crippen MR) is 153 cm³/mol. The van der Waals surface area contributed by atoms with Crippen molar-refractivity contribution in [2.24, 2.45) is 5.92 Å². The zero-order valence-electron chi connectivity index (χ0n) is 21.3. The summed E-state index contributed by atoms with van der Waals surface area (Å²) in [5.74, 6) is -0.0754. The number of rotatable bonds is 6. The Balaban J connectivity index is 1.52. The van der Waals surface area contributed by atoms with Crippen LogP contribution in [0.1, 0.15) is 36.5 Å². The van der Waals surface area contributed by atoms with Gasteiger partial charge < -0.3 is 9.64 Å². The van der Waals surface area contributed by atoms with E-state index in [9.17, 15) is 14.4 Å². The van der Waals surface area contributed by atoms with Crippen molar-refractivity contribution >= 4 is 57.7 Å². The largest absolute Gasteiger partial charge is 0.466 e. The number of aromatic nitrogens is 2. The first-order chi connectivity index (χ1) is 18.4. The molecule has 0 unspecified atom stereocenters. The number of ether oxygens (including phenoxy) is 1. The maximum atomic E-state index is 13.8. The number of fused-ring (bicyclic) bond motifs is 1. The average molecular weight is 549 g/mol. The standard InChI is InChI=1S/C28H28N4O4S2/c1-3-36-27(35)20-11-14-30(15-12-20)24-21(25(33)31-13-7-8-18(2)23(31)29-24)16-22-26(34)32(28(37)38-22)17-19-9-5-4-6-10-19/h4-10,13,16,20H,3,11-12,14-15,17H2,1-2H3/b22-16-. The normalized spacial score (nSPS) is 17.6. The molecule has 5 rings (SSSR count). The number of carbonyl (C=O) groups excluding carboxylic acids is 2. The molecule has 2 aromatic heterocycles. The van der Waals surface area contributed by atoms with Gasteiger partial charge in [0.1, 0.15) is 15.8 Å². The van der Waals surface area contributed by atoms with E-state index in [1.807, 2.05) is 48.2 Å². The molecule has 0 atom stereocenters. The zero-order valence-corrected chi connectivity index (χ0v) is 22.9. The van der Waals surface area contributed by atoms with Gasteiger partial charge in [-0.1, -0.05) is 60.4 Å². The second-order valence-corrected chi connectivity index (χ2v) is 11.0. The molecule has 2 aliphatic heterocycles. The molecular weight excluding hydrogens is 520 g/mol. The van der Waals surface area contributed by atoms with Crippen molar-refractivity contribution in [2.45, 2.75) is 33.2 Å². The average Bonchev–Trinajstić information content (AvgIpc) is 3.18. The lowest BCUT2D eigenvalue weighted by Crippen LogP contribution is -2.39. The van der Waals surface area contributed by atoms with Gasteiger partial charge in [-0.3, -0.25) is 23.7 Å². The van der Waals surface area contributed by atoms with Gasteiger partial charge in [-0.2, -0.15) is 0 Å². The molecule has 0 saturated carbocycles. The molecule has 2 fully saturated rings. The molecule has 10 heteroatoms. The van der Waals surface area contributed by atoms with Gasteiger partial charge in [-0.15, -0.1) is 0 Å². The molecule has 0 spiro atoms. The van der Waals surface area contributed by atoms with Crippen molar-refractivity contribution < 1.29 is 14.3 Å². The van der Waals surface area contributed by atoms with Gasteiger partial charge in [0.15, 0.2) is 0 Å². The second kappa shape index (κ2) is 11.1. The number of thioether (sulfide) groups is 1. The minimum atomic E-state index is -0.255. The number of thiocarbonyl (C=S) groups is 1. The van der Waals surface area contributed by atoms with Crippen molar-refractivity contribution in [1.29, 1.82) is 0 Å². The minimum absolute atomic E-state index is 0.174. The number of nitrogens with zero attached hydrogens (tertiary/aromatic N) is 4. The molecule has 4 heterocycles. The number of hydrogen-bond donors (Lipinski definition) is 0. The Kier molecular flexibility index (Phi) is 7.62. The number of hydrogen-bond acceptors (Lipinski definition) is 8. The van der Waals surface area contributed by atoms with Gasteiger partial charge in [-0.25, -0.2) is 4.98 Å². The van der Waals surface area contributed by atoms with Crippen molar-refractivity contribution in [1.82, 2.24) is 14.3 Å². The molecular formula is C28H28N4O4S2. The van der Waals surface area contributed by atoms with Crippen molar-refractivity contribution in [3.63, 3.8) is 0 Å². The Bertz CT molecular complexity index is 1490. The van der Waals surface area contributed by atoms with Crippen LogP contribution in [0.15, 0.2) is 58.4 Å². The van der Waals surface area contributed by atoms with Gasteiger partial charge in [0.25, 0.3) is 11.5 Å². The number of piperidine rings is 1. The summed E-state index contributed by atoms with van der Waals surface area (Å²) in [6.07, 6.45) is 4.52. The topological polar surface area (TPSA) is 84.2 Å². The summed E-state index contributed by atoms with van der Waals surface area (Å²) in [5, 5.41) is 0.